The van der Waals surface area contributed by atoms with E-state index >= 15 is 0 Å². The summed E-state index contributed by atoms with van der Waals surface area (Å²) in [7, 11) is 0. The lowest BCUT2D eigenvalue weighted by Gasteiger charge is -2.10. The highest BCUT2D eigenvalue weighted by Gasteiger charge is 2.19. The fourth-order valence-corrected chi connectivity index (χ4v) is 4.08. The number of nitrogens with one attached hydrogen (secondary N) is 1. The van der Waals surface area contributed by atoms with E-state index in [0.29, 0.717) is 28.3 Å². The highest BCUT2D eigenvalue weighted by atomic mass is 79.9. The minimum atomic E-state index is -0.231. The number of benzene rings is 3. The Kier molecular flexibility index (Phi) is 6.15. The Bertz CT molecular complexity index is 1520. The third-order valence-corrected chi connectivity index (χ3v) is 6.36. The molecule has 174 valence electrons. The number of aromatic nitrogens is 4. The van der Waals surface area contributed by atoms with Gasteiger partial charge in [0.05, 0.1) is 5.39 Å². The van der Waals surface area contributed by atoms with Crippen molar-refractivity contribution in [1.29, 1.82) is 0 Å². The van der Waals surface area contributed by atoms with Crippen LogP contribution < -0.4 is 15.8 Å². The highest BCUT2D eigenvalue weighted by Crippen LogP contribution is 2.32. The first-order chi connectivity index (χ1) is 17.0. The number of fused-ring (bicyclic) bond motifs is 1. The van der Waals surface area contributed by atoms with Gasteiger partial charge >= 0.3 is 0 Å². The van der Waals surface area contributed by atoms with Gasteiger partial charge in [-0.2, -0.15) is 5.10 Å². The fraction of sp³-hybridized carbons (Fsp3) is 0.0769. The van der Waals surface area contributed by atoms with E-state index in [1.165, 1.54) is 6.33 Å². The Labute approximate surface area is 209 Å². The number of hydrogen-bond acceptors (Lipinski definition) is 6. The zero-order valence-corrected chi connectivity index (χ0v) is 20.4. The van der Waals surface area contributed by atoms with Crippen LogP contribution in [0.3, 0.4) is 0 Å². The summed E-state index contributed by atoms with van der Waals surface area (Å²) in [6, 6.07) is 22.7. The highest BCUT2D eigenvalue weighted by molar-refractivity contribution is 9.10. The van der Waals surface area contributed by atoms with Gasteiger partial charge in [0, 0.05) is 15.7 Å². The zero-order chi connectivity index (χ0) is 24.4. The van der Waals surface area contributed by atoms with Crippen molar-refractivity contribution in [1.82, 2.24) is 19.7 Å². The molecule has 0 aliphatic heterocycles. The molecule has 0 saturated carbocycles. The van der Waals surface area contributed by atoms with Gasteiger partial charge < -0.3 is 15.8 Å². The molecule has 5 rings (SSSR count). The van der Waals surface area contributed by atoms with Crippen LogP contribution in [0.5, 0.6) is 11.5 Å². The summed E-state index contributed by atoms with van der Waals surface area (Å²) in [4.78, 5) is 21.3. The smallest absolute Gasteiger partial charge is 0.246 e. The van der Waals surface area contributed by atoms with Crippen LogP contribution in [0.2, 0.25) is 0 Å². The van der Waals surface area contributed by atoms with E-state index in [2.05, 4.69) is 36.3 Å². The molecule has 0 aliphatic rings. The summed E-state index contributed by atoms with van der Waals surface area (Å²) in [6.45, 7) is 1.90. The van der Waals surface area contributed by atoms with Gasteiger partial charge in [0.2, 0.25) is 5.91 Å². The number of nitrogens with zero attached hydrogens (tertiary/aromatic N) is 4. The van der Waals surface area contributed by atoms with Crippen LogP contribution in [0.25, 0.3) is 22.3 Å². The molecule has 3 N–H and O–H groups in total. The quantitative estimate of drug-likeness (QED) is 0.298. The van der Waals surface area contributed by atoms with Crippen molar-refractivity contribution in [2.45, 2.75) is 13.5 Å². The third kappa shape index (κ3) is 4.71. The van der Waals surface area contributed by atoms with Gasteiger partial charge in [-0.25, -0.2) is 14.6 Å². The van der Waals surface area contributed by atoms with Crippen LogP contribution in [-0.2, 0) is 11.3 Å². The molecule has 3 aromatic carbocycles. The van der Waals surface area contributed by atoms with Crippen LogP contribution in [0.1, 0.15) is 5.56 Å². The second kappa shape index (κ2) is 9.55. The normalized spacial score (nSPS) is 10.9. The predicted molar refractivity (Wildman–Crippen MR) is 139 cm³/mol. The molecule has 35 heavy (non-hydrogen) atoms. The summed E-state index contributed by atoms with van der Waals surface area (Å²) in [6.07, 6.45) is 1.37. The first-order valence-electron chi connectivity index (χ1n) is 10.8. The first kappa shape index (κ1) is 22.5. The second-order valence-corrected chi connectivity index (χ2v) is 8.72. The van der Waals surface area contributed by atoms with Crippen molar-refractivity contribution in [3.05, 3.63) is 89.2 Å². The molecule has 0 saturated heterocycles. The zero-order valence-electron chi connectivity index (χ0n) is 18.8. The number of amides is 1. The SMILES string of the molecule is Cc1c(Br)cccc1NC(=O)Cn1nc(-c2ccc(Oc3ccccc3)cc2)c2c(N)ncnc21. The molecule has 0 unspecified atom stereocenters. The van der Waals surface area contributed by atoms with E-state index in [-0.39, 0.29) is 12.5 Å². The van der Waals surface area contributed by atoms with E-state index in [4.69, 9.17) is 10.5 Å². The van der Waals surface area contributed by atoms with Crippen LogP contribution in [0, 0.1) is 6.92 Å². The average molecular weight is 529 g/mol. The lowest BCUT2D eigenvalue weighted by atomic mass is 10.1. The molecule has 0 spiro atoms. The lowest BCUT2D eigenvalue weighted by Crippen LogP contribution is -2.20. The number of ether oxygens (including phenoxy) is 1. The number of nitrogens with two attached hydrogens (primary N) is 1. The van der Waals surface area contributed by atoms with E-state index in [1.807, 2.05) is 79.7 Å². The van der Waals surface area contributed by atoms with Gasteiger partial charge in [0.15, 0.2) is 5.65 Å². The van der Waals surface area contributed by atoms with Gasteiger partial charge in [0.25, 0.3) is 0 Å². The maximum absolute atomic E-state index is 12.9. The molecule has 0 aliphatic carbocycles. The van der Waals surface area contributed by atoms with Crippen molar-refractivity contribution >= 4 is 44.4 Å². The Hall–Kier alpha value is -4.24. The van der Waals surface area contributed by atoms with Gasteiger partial charge in [0.1, 0.15) is 35.9 Å². The van der Waals surface area contributed by atoms with E-state index in [0.717, 1.165) is 27.0 Å². The van der Waals surface area contributed by atoms with Crippen molar-refractivity contribution in [2.75, 3.05) is 11.1 Å². The molecule has 2 aromatic heterocycles. The molecule has 0 bridgehead atoms. The lowest BCUT2D eigenvalue weighted by molar-refractivity contribution is -0.116. The Morgan fingerprint density at radius 3 is 2.51 bits per heavy atom. The second-order valence-electron chi connectivity index (χ2n) is 7.86. The number of hydrogen-bond donors (Lipinski definition) is 2. The summed E-state index contributed by atoms with van der Waals surface area (Å²) >= 11 is 3.49. The largest absolute Gasteiger partial charge is 0.457 e. The summed E-state index contributed by atoms with van der Waals surface area (Å²) < 4.78 is 8.34. The number of halogens is 1. The van der Waals surface area contributed by atoms with Crippen LogP contribution in [-0.4, -0.2) is 25.7 Å². The van der Waals surface area contributed by atoms with Crippen LogP contribution in [0.15, 0.2) is 83.6 Å². The first-order valence-corrected chi connectivity index (χ1v) is 11.6. The predicted octanol–water partition coefficient (Wildman–Crippen LogP) is 5.58. The van der Waals surface area contributed by atoms with Crippen molar-refractivity contribution in [3.63, 3.8) is 0 Å². The van der Waals surface area contributed by atoms with Crippen LogP contribution in [0.4, 0.5) is 11.5 Å². The average Bonchev–Trinajstić information content (AvgIpc) is 3.22. The number of nitrogen functional groups attached to an aromatic ring is 1. The molecule has 2 heterocycles. The number of carbonyl (C=O) groups is 1. The summed E-state index contributed by atoms with van der Waals surface area (Å²) in [5.41, 5.74) is 9.75. The third-order valence-electron chi connectivity index (χ3n) is 5.50. The molecule has 8 nitrogen and oxygen atoms in total. The molecule has 0 fully saturated rings. The molecular weight excluding hydrogens is 508 g/mol. The topological polar surface area (TPSA) is 108 Å². The molecule has 0 atom stereocenters. The van der Waals surface area contributed by atoms with Gasteiger partial charge in [-0.3, -0.25) is 4.79 Å². The monoisotopic (exact) mass is 528 g/mol. The standard InChI is InChI=1S/C26H21BrN6O2/c1-16-20(27)8-5-9-21(16)31-22(34)14-33-26-23(25(28)29-15-30-26)24(32-33)17-10-12-19(13-11-17)35-18-6-3-2-4-7-18/h2-13,15H,14H2,1H3,(H,31,34)(H2,28,29,30). The maximum atomic E-state index is 12.9. The van der Waals surface area contributed by atoms with E-state index in [9.17, 15) is 4.79 Å². The molecule has 1 amide bonds. The number of anilines is 2. The van der Waals surface area contributed by atoms with Crippen molar-refractivity contribution < 1.29 is 9.53 Å². The number of carbonyl (C=O) groups excluding carboxylic acids is 1. The Balaban J connectivity index is 1.44. The summed E-state index contributed by atoms with van der Waals surface area (Å²) in [5, 5.41) is 8.21. The molecule has 0 radical (unpaired) electrons. The Morgan fingerprint density at radius 2 is 1.74 bits per heavy atom. The minimum Gasteiger partial charge on any atom is -0.457 e. The maximum Gasteiger partial charge on any atom is 0.246 e. The Morgan fingerprint density at radius 1 is 1.00 bits per heavy atom. The molecular formula is C26H21BrN6O2. The number of rotatable bonds is 6. The molecule has 9 heteroatoms. The van der Waals surface area contributed by atoms with Crippen LogP contribution >= 0.6 is 15.9 Å². The number of para-hydroxylation sites is 1. The van der Waals surface area contributed by atoms with E-state index < -0.39 is 0 Å². The van der Waals surface area contributed by atoms with Gasteiger partial charge in [-0.1, -0.05) is 40.2 Å². The molecule has 5 aromatic rings. The fourth-order valence-electron chi connectivity index (χ4n) is 3.72. The van der Waals surface area contributed by atoms with Crippen molar-refractivity contribution in [3.8, 4) is 22.8 Å². The van der Waals surface area contributed by atoms with Gasteiger partial charge in [-0.05, 0) is 61.0 Å². The van der Waals surface area contributed by atoms with Gasteiger partial charge in [-0.15, -0.1) is 0 Å². The summed E-state index contributed by atoms with van der Waals surface area (Å²) in [5.74, 6) is 1.51. The minimum absolute atomic E-state index is 0.0336. The van der Waals surface area contributed by atoms with E-state index in [1.54, 1.807) is 4.68 Å². The van der Waals surface area contributed by atoms with Crippen molar-refractivity contribution in [2.24, 2.45) is 0 Å².